The second-order valence-corrected chi connectivity index (χ2v) is 6.83. The Morgan fingerprint density at radius 2 is 1.92 bits per heavy atom. The molecule has 1 aromatic carbocycles. The fourth-order valence-corrected chi connectivity index (χ4v) is 3.16. The molecule has 1 aliphatic rings. The lowest BCUT2D eigenvalue weighted by molar-refractivity contribution is 0.0600. The van der Waals surface area contributed by atoms with Crippen molar-refractivity contribution in [3.63, 3.8) is 0 Å². The monoisotopic (exact) mass is 361 g/mol. The van der Waals surface area contributed by atoms with Gasteiger partial charge in [0.05, 0.1) is 19.2 Å². The van der Waals surface area contributed by atoms with Crippen molar-refractivity contribution < 1.29 is 14.3 Å². The Kier molecular flexibility index (Phi) is 7.91. The zero-order valence-corrected chi connectivity index (χ0v) is 16.1. The van der Waals surface area contributed by atoms with Gasteiger partial charge in [-0.25, -0.2) is 9.79 Å². The van der Waals surface area contributed by atoms with Crippen LogP contribution in [0.5, 0.6) is 0 Å². The highest BCUT2D eigenvalue weighted by atomic mass is 16.5. The molecule has 0 radical (unpaired) electrons. The second kappa shape index (κ2) is 10.2. The van der Waals surface area contributed by atoms with Crippen LogP contribution in [0.15, 0.2) is 29.3 Å². The molecule has 6 nitrogen and oxygen atoms in total. The van der Waals surface area contributed by atoms with E-state index in [0.717, 1.165) is 37.6 Å². The predicted molar refractivity (Wildman–Crippen MR) is 103 cm³/mol. The molecular weight excluding hydrogens is 330 g/mol. The molecule has 0 spiro atoms. The number of ether oxygens (including phenoxy) is 2. The quantitative estimate of drug-likeness (QED) is 0.402. The van der Waals surface area contributed by atoms with Gasteiger partial charge in [0.2, 0.25) is 0 Å². The first-order chi connectivity index (χ1) is 12.6. The topological polar surface area (TPSA) is 72.0 Å². The molecule has 0 amide bonds. The summed E-state index contributed by atoms with van der Waals surface area (Å²) < 4.78 is 9.98. The van der Waals surface area contributed by atoms with E-state index in [9.17, 15) is 4.79 Å². The summed E-state index contributed by atoms with van der Waals surface area (Å²) in [6, 6.07) is 7.35. The molecule has 0 heterocycles. The molecule has 0 aromatic heterocycles. The van der Waals surface area contributed by atoms with Gasteiger partial charge in [-0.1, -0.05) is 18.6 Å². The number of aliphatic imine (C=N–C) groups is 1. The minimum absolute atomic E-state index is 0.322. The first-order valence-corrected chi connectivity index (χ1v) is 9.31. The number of guanidine groups is 1. The molecule has 1 aliphatic carbocycles. The van der Waals surface area contributed by atoms with E-state index in [1.165, 1.54) is 26.4 Å². The van der Waals surface area contributed by atoms with Crippen LogP contribution < -0.4 is 10.6 Å². The Morgan fingerprint density at radius 1 is 1.19 bits per heavy atom. The fraction of sp³-hybridized carbons (Fsp3) is 0.600. The molecule has 26 heavy (non-hydrogen) atoms. The van der Waals surface area contributed by atoms with Gasteiger partial charge >= 0.3 is 5.97 Å². The minimum Gasteiger partial charge on any atom is -0.465 e. The van der Waals surface area contributed by atoms with Crippen molar-refractivity contribution in [3.8, 4) is 0 Å². The summed E-state index contributed by atoms with van der Waals surface area (Å²) in [6.07, 6.45) is 4.88. The van der Waals surface area contributed by atoms with Gasteiger partial charge in [-0.2, -0.15) is 0 Å². The van der Waals surface area contributed by atoms with Crippen LogP contribution in [-0.4, -0.2) is 45.8 Å². The zero-order valence-electron chi connectivity index (χ0n) is 16.1. The fourth-order valence-electron chi connectivity index (χ4n) is 3.16. The van der Waals surface area contributed by atoms with Crippen molar-refractivity contribution in [3.05, 3.63) is 35.4 Å². The maximum atomic E-state index is 11.5. The highest BCUT2D eigenvalue weighted by molar-refractivity contribution is 5.89. The maximum Gasteiger partial charge on any atom is 0.337 e. The third-order valence-electron chi connectivity index (χ3n) is 5.02. The summed E-state index contributed by atoms with van der Waals surface area (Å²) in [6.45, 7) is 5.16. The summed E-state index contributed by atoms with van der Waals surface area (Å²) in [7, 11) is 3.15. The summed E-state index contributed by atoms with van der Waals surface area (Å²) in [4.78, 5) is 16.2. The lowest BCUT2D eigenvalue weighted by atomic mass is 9.67. The van der Waals surface area contributed by atoms with E-state index < -0.39 is 0 Å². The number of carbonyl (C=O) groups excluding carboxylic acids is 1. The van der Waals surface area contributed by atoms with Crippen molar-refractivity contribution in [1.82, 2.24) is 10.6 Å². The van der Waals surface area contributed by atoms with Crippen LogP contribution in [0.25, 0.3) is 0 Å². The summed E-state index contributed by atoms with van der Waals surface area (Å²) in [5, 5.41) is 6.79. The molecular formula is C20H31N3O3. The van der Waals surface area contributed by atoms with Crippen LogP contribution in [0, 0.1) is 5.41 Å². The van der Waals surface area contributed by atoms with Gasteiger partial charge in [0.1, 0.15) is 0 Å². The van der Waals surface area contributed by atoms with Gasteiger partial charge in [0, 0.05) is 26.8 Å². The smallest absolute Gasteiger partial charge is 0.337 e. The first-order valence-electron chi connectivity index (χ1n) is 9.31. The minimum atomic E-state index is -0.322. The Morgan fingerprint density at radius 3 is 2.46 bits per heavy atom. The summed E-state index contributed by atoms with van der Waals surface area (Å²) in [5.41, 5.74) is 1.94. The van der Waals surface area contributed by atoms with Gasteiger partial charge in [0.25, 0.3) is 0 Å². The molecule has 6 heteroatoms. The average molecular weight is 361 g/mol. The van der Waals surface area contributed by atoms with Crippen molar-refractivity contribution in [2.24, 2.45) is 10.4 Å². The van der Waals surface area contributed by atoms with E-state index in [2.05, 4.69) is 22.5 Å². The number of carbonyl (C=O) groups is 1. The van der Waals surface area contributed by atoms with Gasteiger partial charge in [-0.15, -0.1) is 0 Å². The van der Waals surface area contributed by atoms with Gasteiger partial charge in [0.15, 0.2) is 5.96 Å². The number of methoxy groups -OCH3 is 2. The standard InChI is InChI=1S/C20H31N3O3/c1-4-21-19(23-15-20(10-5-11-20)12-13-25-2)22-14-16-6-8-17(9-7-16)18(24)26-3/h6-9H,4-5,10-15H2,1-3H3,(H2,21,22,23). The molecule has 1 fully saturated rings. The van der Waals surface area contributed by atoms with Crippen LogP contribution in [0.4, 0.5) is 0 Å². The van der Waals surface area contributed by atoms with Gasteiger partial charge in [-0.3, -0.25) is 0 Å². The number of rotatable bonds is 9. The molecule has 1 saturated carbocycles. The Bertz CT molecular complexity index is 595. The molecule has 2 rings (SSSR count). The van der Waals surface area contributed by atoms with E-state index in [1.807, 2.05) is 12.1 Å². The van der Waals surface area contributed by atoms with Crippen LogP contribution in [0.1, 0.15) is 48.5 Å². The third kappa shape index (κ3) is 5.73. The van der Waals surface area contributed by atoms with Crippen LogP contribution in [0.2, 0.25) is 0 Å². The van der Waals surface area contributed by atoms with Crippen molar-refractivity contribution in [2.45, 2.75) is 39.2 Å². The largest absolute Gasteiger partial charge is 0.465 e. The number of benzene rings is 1. The molecule has 144 valence electrons. The van der Waals surface area contributed by atoms with Crippen LogP contribution >= 0.6 is 0 Å². The SMILES string of the molecule is CCNC(=NCc1ccc(C(=O)OC)cc1)NCC1(CCOC)CCC1. The zero-order chi connectivity index (χ0) is 18.8. The van der Waals surface area contributed by atoms with Gasteiger partial charge < -0.3 is 20.1 Å². The molecule has 0 aliphatic heterocycles. The molecule has 0 saturated heterocycles. The van der Waals surface area contributed by atoms with Gasteiger partial charge in [-0.05, 0) is 49.3 Å². The lowest BCUT2D eigenvalue weighted by Crippen LogP contribution is -2.46. The Balaban J connectivity index is 1.92. The molecule has 2 N–H and O–H groups in total. The highest BCUT2D eigenvalue weighted by Gasteiger charge is 2.36. The normalized spacial score (nSPS) is 15.9. The maximum absolute atomic E-state index is 11.5. The number of hydrogen-bond donors (Lipinski definition) is 2. The molecule has 0 bridgehead atoms. The number of nitrogens with one attached hydrogen (secondary N) is 2. The number of nitrogens with zero attached hydrogens (tertiary/aromatic N) is 1. The predicted octanol–water partition coefficient (Wildman–Crippen LogP) is 2.74. The molecule has 0 atom stereocenters. The van der Waals surface area contributed by atoms with Crippen LogP contribution in [-0.2, 0) is 16.0 Å². The summed E-state index contributed by atoms with van der Waals surface area (Å²) in [5.74, 6) is 0.505. The average Bonchev–Trinajstić information content (AvgIpc) is 2.64. The number of esters is 1. The summed E-state index contributed by atoms with van der Waals surface area (Å²) >= 11 is 0. The molecule has 0 unspecified atom stereocenters. The van der Waals surface area contributed by atoms with E-state index in [-0.39, 0.29) is 5.97 Å². The first kappa shape index (κ1) is 20.2. The van der Waals surface area contributed by atoms with E-state index in [0.29, 0.717) is 17.5 Å². The van der Waals surface area contributed by atoms with E-state index >= 15 is 0 Å². The van der Waals surface area contributed by atoms with E-state index in [1.54, 1.807) is 19.2 Å². The highest BCUT2D eigenvalue weighted by Crippen LogP contribution is 2.43. The van der Waals surface area contributed by atoms with E-state index in [4.69, 9.17) is 9.47 Å². The lowest BCUT2D eigenvalue weighted by Gasteiger charge is -2.42. The Labute approximate surface area is 156 Å². The Hall–Kier alpha value is -2.08. The molecule has 1 aromatic rings. The van der Waals surface area contributed by atoms with Crippen LogP contribution in [0.3, 0.4) is 0 Å². The second-order valence-electron chi connectivity index (χ2n) is 6.83. The van der Waals surface area contributed by atoms with Crippen molar-refractivity contribution >= 4 is 11.9 Å². The van der Waals surface area contributed by atoms with Crippen molar-refractivity contribution in [2.75, 3.05) is 33.9 Å². The number of hydrogen-bond acceptors (Lipinski definition) is 4. The third-order valence-corrected chi connectivity index (χ3v) is 5.02. The van der Waals surface area contributed by atoms with Crippen molar-refractivity contribution in [1.29, 1.82) is 0 Å².